The second kappa shape index (κ2) is 26.0. The number of ether oxygens (including phenoxy) is 7. The van der Waals surface area contributed by atoms with Crippen LogP contribution in [0.3, 0.4) is 0 Å². The maximum atomic E-state index is 15.3. The van der Waals surface area contributed by atoms with Crippen molar-refractivity contribution in [2.75, 3.05) is 52.0 Å². The molecule has 0 spiro atoms. The number of morpholine rings is 1. The number of hydrogen-bond acceptors (Lipinski definition) is 19. The minimum atomic E-state index is -1.65. The van der Waals surface area contributed by atoms with E-state index in [0.29, 0.717) is 28.4 Å². The highest BCUT2D eigenvalue weighted by atomic mass is 35.5. The van der Waals surface area contributed by atoms with E-state index in [1.54, 1.807) is 52.0 Å². The van der Waals surface area contributed by atoms with Crippen molar-refractivity contribution in [3.63, 3.8) is 0 Å². The van der Waals surface area contributed by atoms with Crippen LogP contribution < -0.4 is 30.0 Å². The highest BCUT2D eigenvalue weighted by molar-refractivity contribution is 8.20. The van der Waals surface area contributed by atoms with Gasteiger partial charge in [-0.3, -0.25) is 14.4 Å². The van der Waals surface area contributed by atoms with E-state index in [0.717, 1.165) is 34.2 Å². The molecule has 3 amide bonds. The number of halogens is 1. The first kappa shape index (κ1) is 60.1. The Bertz CT molecular complexity index is 3290. The number of anilines is 1. The quantitative estimate of drug-likeness (QED) is 0.0279. The first-order valence-electron chi connectivity index (χ1n) is 26.4. The molecular formula is C60H63ClN6O13S3. The van der Waals surface area contributed by atoms with Gasteiger partial charge in [0, 0.05) is 17.7 Å². The third-order valence-corrected chi connectivity index (χ3v) is 17.9. The van der Waals surface area contributed by atoms with Crippen LogP contribution in [0, 0.1) is 0 Å². The molecule has 6 aromatic rings. The number of hydrogen-bond donors (Lipinski definition) is 2. The number of oxime groups is 1. The molecule has 3 saturated heterocycles. The van der Waals surface area contributed by atoms with E-state index in [1.165, 1.54) is 35.9 Å². The Kier molecular flexibility index (Phi) is 18.8. The number of carbonyl (C=O) groups excluding carboxylic acids is 5. The fourth-order valence-corrected chi connectivity index (χ4v) is 13.1. The number of thiazole rings is 1. The third-order valence-electron chi connectivity index (χ3n) is 13.5. The van der Waals surface area contributed by atoms with E-state index < -0.39 is 68.5 Å². The Morgan fingerprint density at radius 1 is 0.867 bits per heavy atom. The average Bonchev–Trinajstić information content (AvgIpc) is 1.95. The smallest absolute Gasteiger partial charge is 0.353 e. The zero-order chi connectivity index (χ0) is 59.1. The molecule has 9 rings (SSSR count). The van der Waals surface area contributed by atoms with Gasteiger partial charge >= 0.3 is 11.9 Å². The van der Waals surface area contributed by atoms with Gasteiger partial charge in [-0.2, -0.15) is 0 Å². The van der Waals surface area contributed by atoms with Crippen LogP contribution >= 0.6 is 46.5 Å². The molecule has 5 aromatic carbocycles. The van der Waals surface area contributed by atoms with Crippen LogP contribution in [-0.4, -0.2) is 129 Å². The summed E-state index contributed by atoms with van der Waals surface area (Å²) in [5, 5.41) is 7.77. The van der Waals surface area contributed by atoms with Crippen LogP contribution in [-0.2, 0) is 51.4 Å². The zero-order valence-corrected chi connectivity index (χ0v) is 49.9. The van der Waals surface area contributed by atoms with E-state index in [-0.39, 0.29) is 78.1 Å². The molecule has 4 atom stereocenters. The van der Waals surface area contributed by atoms with Gasteiger partial charge in [-0.05, 0) is 93.3 Å². The molecule has 3 N–H and O–H groups in total. The van der Waals surface area contributed by atoms with Crippen LogP contribution in [0.2, 0.25) is 5.02 Å². The molecule has 1 aromatic heterocycles. The van der Waals surface area contributed by atoms with Crippen molar-refractivity contribution < 1.29 is 62.0 Å². The first-order valence-corrected chi connectivity index (χ1v) is 29.6. The van der Waals surface area contributed by atoms with Crippen LogP contribution in [0.25, 0.3) is 0 Å². The molecule has 4 heterocycles. The van der Waals surface area contributed by atoms with Crippen LogP contribution in [0.4, 0.5) is 5.13 Å². The SMILES string of the molecule is COc1ccc(COc2ccc(C(=O)N3CCOC[C@H]3CS[C@]3(C(=O)OC(c4ccccc4)c4ccccc4)CN4C(=O)[C@@H](NC(=O)/C(=N\OC(C)(C)C(=O)OC(C)(C)C)c5csc(N)n5)[C@H]4S3)c(Cl)c2OCc2ccc(OC)cc2)cc1. The highest BCUT2D eigenvalue weighted by Gasteiger charge is 2.64. The van der Waals surface area contributed by atoms with Gasteiger partial charge in [-0.1, -0.05) is 102 Å². The van der Waals surface area contributed by atoms with E-state index in [9.17, 15) is 14.4 Å². The summed E-state index contributed by atoms with van der Waals surface area (Å²) in [6, 6.07) is 34.9. The van der Waals surface area contributed by atoms with Crippen molar-refractivity contribution in [1.82, 2.24) is 20.1 Å². The molecule has 0 unspecified atom stereocenters. The molecule has 3 aliphatic rings. The maximum absolute atomic E-state index is 15.3. The molecule has 436 valence electrons. The molecule has 0 saturated carbocycles. The number of nitrogen functional groups attached to an aromatic ring is 1. The monoisotopic (exact) mass is 1210 g/mol. The number of thioether (sulfide) groups is 2. The molecule has 0 bridgehead atoms. The molecule has 3 aliphatic heterocycles. The van der Waals surface area contributed by atoms with Gasteiger partial charge in [-0.15, -0.1) is 34.9 Å². The summed E-state index contributed by atoms with van der Waals surface area (Å²) < 4.78 is 40.0. The van der Waals surface area contributed by atoms with E-state index >= 15 is 9.59 Å². The predicted octanol–water partition coefficient (Wildman–Crippen LogP) is 9.10. The number of benzene rings is 5. The summed E-state index contributed by atoms with van der Waals surface area (Å²) in [7, 11) is 3.18. The zero-order valence-electron chi connectivity index (χ0n) is 46.7. The number of nitrogens with two attached hydrogens (primary N) is 1. The highest BCUT2D eigenvalue weighted by Crippen LogP contribution is 2.54. The Balaban J connectivity index is 0.990. The van der Waals surface area contributed by atoms with Crippen molar-refractivity contribution in [1.29, 1.82) is 0 Å². The van der Waals surface area contributed by atoms with Gasteiger partial charge in [0.25, 0.3) is 11.8 Å². The van der Waals surface area contributed by atoms with Crippen molar-refractivity contribution in [3.05, 3.63) is 165 Å². The average molecular weight is 1210 g/mol. The lowest BCUT2D eigenvalue weighted by Gasteiger charge is -2.41. The topological polar surface area (TPSA) is 229 Å². The van der Waals surface area contributed by atoms with Crippen molar-refractivity contribution in [3.8, 4) is 23.0 Å². The summed E-state index contributed by atoms with van der Waals surface area (Å²) in [6.45, 7) is 8.63. The number of β-lactam (4-membered cyclic amide) rings is 1. The first-order chi connectivity index (χ1) is 39.8. The lowest BCUT2D eigenvalue weighted by molar-refractivity contribution is -0.179. The number of rotatable bonds is 22. The maximum Gasteiger partial charge on any atom is 0.353 e. The molecule has 3 fully saturated rings. The minimum Gasteiger partial charge on any atom is -0.497 e. The fraction of sp³-hybridized carbons (Fsp3) is 0.350. The molecule has 0 aliphatic carbocycles. The lowest BCUT2D eigenvalue weighted by atomic mass is 10.0. The predicted molar refractivity (Wildman–Crippen MR) is 317 cm³/mol. The second-order valence-corrected chi connectivity index (χ2v) is 25.2. The summed E-state index contributed by atoms with van der Waals surface area (Å²) >= 11 is 10.7. The number of methoxy groups -OCH3 is 2. The number of aromatic nitrogens is 1. The molecule has 83 heavy (non-hydrogen) atoms. The number of carbonyl (C=O) groups is 5. The number of esters is 2. The largest absolute Gasteiger partial charge is 0.497 e. The van der Waals surface area contributed by atoms with Gasteiger partial charge in [0.2, 0.25) is 11.5 Å². The Morgan fingerprint density at radius 2 is 1.48 bits per heavy atom. The molecular weight excluding hydrogens is 1140 g/mol. The fourth-order valence-electron chi connectivity index (χ4n) is 9.01. The third kappa shape index (κ3) is 14.1. The van der Waals surface area contributed by atoms with E-state index in [2.05, 4.69) is 15.5 Å². The van der Waals surface area contributed by atoms with Crippen LogP contribution in [0.1, 0.15) is 79.0 Å². The summed E-state index contributed by atoms with van der Waals surface area (Å²) in [6.07, 6.45) is -0.848. The molecule has 0 radical (unpaired) electrons. The van der Waals surface area contributed by atoms with Gasteiger partial charge < -0.3 is 58.8 Å². The van der Waals surface area contributed by atoms with E-state index in [4.69, 9.17) is 55.3 Å². The minimum absolute atomic E-state index is 0.0358. The van der Waals surface area contributed by atoms with Crippen molar-refractivity contribution in [2.24, 2.45) is 5.16 Å². The Hall–Kier alpha value is -7.50. The van der Waals surface area contributed by atoms with Gasteiger partial charge in [0.15, 0.2) is 32.5 Å². The second-order valence-electron chi connectivity index (χ2n) is 21.0. The van der Waals surface area contributed by atoms with Gasteiger partial charge in [0.05, 0.1) is 50.6 Å². The van der Waals surface area contributed by atoms with Crippen LogP contribution in [0.5, 0.6) is 23.0 Å². The molecule has 19 nitrogen and oxygen atoms in total. The normalized spacial score (nSPS) is 18.8. The summed E-state index contributed by atoms with van der Waals surface area (Å²) in [5.41, 5.74) is 6.42. The lowest BCUT2D eigenvalue weighted by Crippen LogP contribution is -2.68. The van der Waals surface area contributed by atoms with Crippen molar-refractivity contribution in [2.45, 2.75) is 86.7 Å². The number of fused-ring (bicyclic) bond motifs is 1. The summed E-state index contributed by atoms with van der Waals surface area (Å²) in [4.78, 5) is 85.2. The molecule has 23 heteroatoms. The number of nitrogens with one attached hydrogen (secondary N) is 1. The van der Waals surface area contributed by atoms with Gasteiger partial charge in [0.1, 0.15) is 47.4 Å². The van der Waals surface area contributed by atoms with Crippen molar-refractivity contribution >= 4 is 87.0 Å². The van der Waals surface area contributed by atoms with Crippen LogP contribution in [0.15, 0.2) is 132 Å². The van der Waals surface area contributed by atoms with E-state index in [1.807, 2.05) is 109 Å². The Labute approximate surface area is 498 Å². The number of amides is 3. The number of nitrogens with zero attached hydrogens (tertiary/aromatic N) is 4. The van der Waals surface area contributed by atoms with Gasteiger partial charge in [-0.25, -0.2) is 14.6 Å². The standard InChI is InChI=1S/C60H63ClN6O13S3/c1-58(2,3)79-55(71)59(4,5)80-65-47(44-34-81-57(62)63-44)51(68)64-48-53(70)67-35-60(83-54(48)67,56(72)78-49(38-14-10-8-11-15-38)39-16-12-9-13-17-39)82-33-40-32-75-29-28-66(40)52(69)43-26-27-45(76-30-36-18-22-41(73-6)23-19-36)50(46(43)61)77-31-37-20-24-42(74-7)25-21-37/h8-27,34,40,48-49,54H,28-33,35H2,1-7H3,(H2,62,63)(H,64,68)/b65-47-/t40-,48+,54+,60+/m0/s1. The summed E-state index contributed by atoms with van der Waals surface area (Å²) in [5.74, 6) is -1.14. The Morgan fingerprint density at radius 3 is 2.06 bits per heavy atom.